The normalized spacial score (nSPS) is 18.4. The highest BCUT2D eigenvalue weighted by Crippen LogP contribution is 2.31. The van der Waals surface area contributed by atoms with Gasteiger partial charge in [-0.05, 0) is 31.4 Å². The van der Waals surface area contributed by atoms with Gasteiger partial charge in [0.15, 0.2) is 5.15 Å². The fourth-order valence-electron chi connectivity index (χ4n) is 5.07. The lowest BCUT2D eigenvalue weighted by Gasteiger charge is -2.31. The second kappa shape index (κ2) is 11.2. The number of hydrogen-bond acceptors (Lipinski definition) is 8. The lowest BCUT2D eigenvalue weighted by Crippen LogP contribution is -2.47. The third-order valence-electron chi connectivity index (χ3n) is 6.94. The van der Waals surface area contributed by atoms with E-state index < -0.39 is 34.7 Å². The average molecular weight is 586 g/mol. The van der Waals surface area contributed by atoms with E-state index in [-0.39, 0.29) is 30.5 Å². The number of aromatic nitrogens is 5. The van der Waals surface area contributed by atoms with Crippen LogP contribution in [0.15, 0.2) is 16.9 Å². The molecule has 3 aromatic heterocycles. The lowest BCUT2D eigenvalue weighted by molar-refractivity contribution is -0.141. The summed E-state index contributed by atoms with van der Waals surface area (Å²) in [6, 6.07) is 1.75. The first-order chi connectivity index (χ1) is 19.1. The summed E-state index contributed by atoms with van der Waals surface area (Å²) >= 11 is 5.94. The maximum Gasteiger partial charge on any atom is 0.433 e. The Balaban J connectivity index is 1.55. The summed E-state index contributed by atoms with van der Waals surface area (Å²) in [6.45, 7) is 4.56. The van der Waals surface area contributed by atoms with Crippen LogP contribution in [-0.4, -0.2) is 75.5 Å². The van der Waals surface area contributed by atoms with Crippen molar-refractivity contribution >= 4 is 40.6 Å². The predicted octanol–water partition coefficient (Wildman–Crippen LogP) is 2.51. The average Bonchev–Trinajstić information content (AvgIpc) is 3.37. The van der Waals surface area contributed by atoms with E-state index in [2.05, 4.69) is 25.7 Å². The second-order valence-electron chi connectivity index (χ2n) is 9.67. The minimum Gasteiger partial charge on any atom is -0.363 e. The molecule has 216 valence electrons. The minimum atomic E-state index is -4.69. The lowest BCUT2D eigenvalue weighted by atomic mass is 10.1. The van der Waals surface area contributed by atoms with Crippen molar-refractivity contribution in [3.05, 3.63) is 39.0 Å². The van der Waals surface area contributed by atoms with Gasteiger partial charge in [0.05, 0.1) is 17.9 Å². The van der Waals surface area contributed by atoms with Crippen molar-refractivity contribution in [2.24, 2.45) is 0 Å². The van der Waals surface area contributed by atoms with Crippen molar-refractivity contribution in [3.8, 4) is 0 Å². The van der Waals surface area contributed by atoms with Crippen LogP contribution in [-0.2, 0) is 23.9 Å². The Labute approximate surface area is 231 Å². The molecule has 11 nitrogen and oxygen atoms in total. The smallest absolute Gasteiger partial charge is 0.363 e. The van der Waals surface area contributed by atoms with Gasteiger partial charge in [-0.3, -0.25) is 9.59 Å². The molecule has 0 saturated carbocycles. The fraction of sp³-hybridized carbons (Fsp3) is 0.542. The standard InChI is InChI=1S/C24H28ClF4N9O2/c1-2-16-19(35-10-7-30-8-11-35)21(40)38-23(33-22(34-38)36-9-3-4-14(26)12-36)37(16)13-18(39)31-15-5-6-17(24(27,28)29)32-20(15)25/h5-6,14,30H,2-4,7-13H2,1H3,(H,31,39)/t14-/m1/s1. The summed E-state index contributed by atoms with van der Waals surface area (Å²) in [5.74, 6) is -0.340. The number of halogens is 5. The molecule has 5 heterocycles. The number of fused-ring (bicyclic) bond motifs is 1. The maximum absolute atomic E-state index is 14.1. The summed E-state index contributed by atoms with van der Waals surface area (Å²) in [5.41, 5.74) is -0.741. The number of piperazine rings is 1. The topological polar surface area (TPSA) is 113 Å². The number of carbonyl (C=O) groups excluding carboxylic acids is 1. The molecule has 0 bridgehead atoms. The monoisotopic (exact) mass is 585 g/mol. The Morgan fingerprint density at radius 1 is 1.18 bits per heavy atom. The number of alkyl halides is 4. The van der Waals surface area contributed by atoms with E-state index in [0.717, 1.165) is 16.6 Å². The van der Waals surface area contributed by atoms with E-state index in [9.17, 15) is 27.2 Å². The number of anilines is 3. The first-order valence-corrected chi connectivity index (χ1v) is 13.3. The molecule has 2 aliphatic heterocycles. The van der Waals surface area contributed by atoms with Gasteiger partial charge in [-0.15, -0.1) is 5.10 Å². The van der Waals surface area contributed by atoms with Crippen molar-refractivity contribution in [2.45, 2.75) is 45.1 Å². The molecule has 0 spiro atoms. The molecule has 16 heteroatoms. The van der Waals surface area contributed by atoms with Gasteiger partial charge in [0.25, 0.3) is 5.56 Å². The fourth-order valence-corrected chi connectivity index (χ4v) is 5.27. The van der Waals surface area contributed by atoms with Crippen molar-refractivity contribution in [1.29, 1.82) is 0 Å². The highest BCUT2D eigenvalue weighted by Gasteiger charge is 2.33. The molecule has 5 rings (SSSR count). The quantitative estimate of drug-likeness (QED) is 0.335. The van der Waals surface area contributed by atoms with E-state index in [0.29, 0.717) is 63.4 Å². The second-order valence-corrected chi connectivity index (χ2v) is 10.0. The van der Waals surface area contributed by atoms with Crippen LogP contribution in [0, 0.1) is 0 Å². The number of rotatable bonds is 6. The molecule has 2 saturated heterocycles. The zero-order valence-electron chi connectivity index (χ0n) is 21.6. The van der Waals surface area contributed by atoms with Crippen molar-refractivity contribution in [1.82, 2.24) is 29.5 Å². The molecule has 1 amide bonds. The third-order valence-corrected chi connectivity index (χ3v) is 7.23. The Hall–Kier alpha value is -3.46. The van der Waals surface area contributed by atoms with Crippen LogP contribution in [0.1, 0.15) is 31.2 Å². The van der Waals surface area contributed by atoms with Crippen LogP contribution in [0.5, 0.6) is 0 Å². The number of pyridine rings is 1. The van der Waals surface area contributed by atoms with Gasteiger partial charge < -0.3 is 25.0 Å². The van der Waals surface area contributed by atoms with Crippen LogP contribution < -0.4 is 26.0 Å². The van der Waals surface area contributed by atoms with E-state index >= 15 is 0 Å². The Morgan fingerprint density at radius 3 is 2.58 bits per heavy atom. The summed E-state index contributed by atoms with van der Waals surface area (Å²) < 4.78 is 55.8. The Morgan fingerprint density at radius 2 is 1.93 bits per heavy atom. The molecule has 3 aromatic rings. The predicted molar refractivity (Wildman–Crippen MR) is 141 cm³/mol. The van der Waals surface area contributed by atoms with Crippen LogP contribution in [0.3, 0.4) is 0 Å². The van der Waals surface area contributed by atoms with E-state index in [1.807, 2.05) is 11.8 Å². The minimum absolute atomic E-state index is 0.0935. The zero-order chi connectivity index (χ0) is 28.6. The van der Waals surface area contributed by atoms with E-state index in [4.69, 9.17) is 11.6 Å². The Bertz CT molecular complexity index is 1470. The molecule has 0 radical (unpaired) electrons. The molecule has 40 heavy (non-hydrogen) atoms. The molecule has 2 aliphatic rings. The molecule has 1 atom stereocenters. The van der Waals surface area contributed by atoms with Crippen molar-refractivity contribution < 1.29 is 22.4 Å². The number of hydrogen-bond donors (Lipinski definition) is 2. The summed E-state index contributed by atoms with van der Waals surface area (Å²) in [5, 5.41) is 9.65. The van der Waals surface area contributed by atoms with E-state index in [1.54, 1.807) is 9.47 Å². The van der Waals surface area contributed by atoms with Gasteiger partial charge >= 0.3 is 6.18 Å². The summed E-state index contributed by atoms with van der Waals surface area (Å²) in [6.07, 6.45) is -4.32. The van der Waals surface area contributed by atoms with Crippen LogP contribution in [0.2, 0.25) is 5.15 Å². The van der Waals surface area contributed by atoms with Gasteiger partial charge in [0.2, 0.25) is 17.6 Å². The molecular weight excluding hydrogens is 558 g/mol. The molecular formula is C24H28ClF4N9O2. The molecule has 0 unspecified atom stereocenters. The van der Waals surface area contributed by atoms with Gasteiger partial charge in [-0.2, -0.15) is 22.7 Å². The van der Waals surface area contributed by atoms with Gasteiger partial charge in [-0.1, -0.05) is 18.5 Å². The van der Waals surface area contributed by atoms with Crippen molar-refractivity contribution in [2.75, 3.05) is 54.4 Å². The maximum atomic E-state index is 14.1. The van der Waals surface area contributed by atoms with Crippen molar-refractivity contribution in [3.63, 3.8) is 0 Å². The van der Waals surface area contributed by atoms with Gasteiger partial charge in [0, 0.05) is 32.7 Å². The first-order valence-electron chi connectivity index (χ1n) is 13.0. The number of nitrogens with zero attached hydrogens (tertiary/aromatic N) is 7. The van der Waals surface area contributed by atoms with Crippen LogP contribution in [0.25, 0.3) is 5.78 Å². The molecule has 0 aliphatic carbocycles. The van der Waals surface area contributed by atoms with Crippen LogP contribution >= 0.6 is 11.6 Å². The number of nitrogens with one attached hydrogen (secondary N) is 2. The van der Waals surface area contributed by atoms with Crippen LogP contribution in [0.4, 0.5) is 34.9 Å². The number of piperidine rings is 1. The Kier molecular flexibility index (Phi) is 7.86. The highest BCUT2D eigenvalue weighted by atomic mass is 35.5. The zero-order valence-corrected chi connectivity index (χ0v) is 22.4. The SMILES string of the molecule is CCc1c(N2CCNCC2)c(=O)n2nc(N3CCC[C@@H](F)C3)nc2n1CC(=O)Nc1ccc(C(F)(F)F)nc1Cl. The summed E-state index contributed by atoms with van der Waals surface area (Å²) in [4.78, 5) is 38.4. The molecule has 0 aromatic carbocycles. The first kappa shape index (κ1) is 28.1. The third kappa shape index (κ3) is 5.57. The van der Waals surface area contributed by atoms with E-state index in [1.165, 1.54) is 0 Å². The van der Waals surface area contributed by atoms with Gasteiger partial charge in [-0.25, -0.2) is 9.37 Å². The largest absolute Gasteiger partial charge is 0.433 e. The molecule has 2 N–H and O–H groups in total. The molecule has 2 fully saturated rings. The number of amides is 1. The summed E-state index contributed by atoms with van der Waals surface area (Å²) in [7, 11) is 0. The number of carbonyl (C=O) groups is 1. The highest BCUT2D eigenvalue weighted by molar-refractivity contribution is 6.32. The van der Waals surface area contributed by atoms with Gasteiger partial charge in [0.1, 0.15) is 24.1 Å².